The van der Waals surface area contributed by atoms with Gasteiger partial charge in [-0.15, -0.1) is 0 Å². The minimum Gasteiger partial charge on any atom is -0.466 e. The molecule has 2 aliphatic rings. The molecule has 0 bridgehead atoms. The lowest BCUT2D eigenvalue weighted by atomic mass is 9.92. The Bertz CT molecular complexity index is 984. The number of likely N-dealkylation sites (N-methyl/N-ethyl adjacent to an activating group) is 1. The Balaban J connectivity index is 1.59. The van der Waals surface area contributed by atoms with Gasteiger partial charge in [-0.25, -0.2) is 9.18 Å². The summed E-state index contributed by atoms with van der Waals surface area (Å²) in [5.41, 5.74) is -1.05. The van der Waals surface area contributed by atoms with Crippen molar-refractivity contribution in [3.05, 3.63) is 35.6 Å². The Morgan fingerprint density at radius 3 is 2.56 bits per heavy atom. The molecule has 0 spiro atoms. The number of rotatable bonds is 7. The molecule has 10 nitrogen and oxygen atoms in total. The van der Waals surface area contributed by atoms with Crippen molar-refractivity contribution in [1.82, 2.24) is 20.0 Å². The van der Waals surface area contributed by atoms with Crippen molar-refractivity contribution < 1.29 is 33.1 Å². The van der Waals surface area contributed by atoms with Crippen LogP contribution in [0.3, 0.4) is 0 Å². The van der Waals surface area contributed by atoms with Crippen LogP contribution in [0.2, 0.25) is 0 Å². The number of halogens is 1. The number of hydrogen-bond donors (Lipinski definition) is 1. The number of likely N-dealkylation sites (tertiary alicyclic amines) is 1. The second kappa shape index (κ2) is 10.2. The standard InChI is InChI=1S/C23H29FN4O6/c1-4-34-20(31)15-6-5-11-27(12-15)19(30)13-26(3)18(29)14-28-21(32)23(2,25-22(28)33)16-7-9-17(24)10-8-16/h7-10,15H,4-6,11-14H2,1-3H3,(H,25,33). The van der Waals surface area contributed by atoms with Crippen molar-refractivity contribution in [2.45, 2.75) is 32.2 Å². The number of esters is 1. The first-order valence-electron chi connectivity index (χ1n) is 11.1. The number of carbonyl (C=O) groups is 5. The smallest absolute Gasteiger partial charge is 0.325 e. The maximum absolute atomic E-state index is 13.3. The first-order chi connectivity index (χ1) is 16.1. The molecule has 184 valence electrons. The molecule has 0 radical (unpaired) electrons. The van der Waals surface area contributed by atoms with Crippen LogP contribution in [0.4, 0.5) is 9.18 Å². The number of imide groups is 1. The van der Waals surface area contributed by atoms with E-state index in [1.165, 1.54) is 43.1 Å². The SMILES string of the molecule is CCOC(=O)C1CCCN(C(=O)CN(C)C(=O)CN2C(=O)NC(C)(c3ccc(F)cc3)C2=O)C1. The molecule has 2 heterocycles. The lowest BCUT2D eigenvalue weighted by Gasteiger charge is -2.32. The zero-order valence-corrected chi connectivity index (χ0v) is 19.5. The van der Waals surface area contributed by atoms with E-state index in [9.17, 15) is 28.4 Å². The Labute approximate surface area is 197 Å². The highest BCUT2D eigenvalue weighted by Crippen LogP contribution is 2.29. The highest BCUT2D eigenvalue weighted by molar-refractivity contribution is 6.09. The third-order valence-corrected chi connectivity index (χ3v) is 6.18. The van der Waals surface area contributed by atoms with Gasteiger partial charge in [-0.1, -0.05) is 12.1 Å². The number of urea groups is 1. The number of piperidine rings is 1. The van der Waals surface area contributed by atoms with Crippen molar-refractivity contribution in [3.63, 3.8) is 0 Å². The van der Waals surface area contributed by atoms with Gasteiger partial charge < -0.3 is 19.9 Å². The maximum atomic E-state index is 13.3. The fraction of sp³-hybridized carbons (Fsp3) is 0.522. The van der Waals surface area contributed by atoms with Crippen LogP contribution in [-0.4, -0.2) is 84.3 Å². The van der Waals surface area contributed by atoms with Crippen LogP contribution in [0.1, 0.15) is 32.3 Å². The van der Waals surface area contributed by atoms with Crippen molar-refractivity contribution in [3.8, 4) is 0 Å². The third-order valence-electron chi connectivity index (χ3n) is 6.18. The summed E-state index contributed by atoms with van der Waals surface area (Å²) >= 11 is 0. The quantitative estimate of drug-likeness (QED) is 0.461. The van der Waals surface area contributed by atoms with Gasteiger partial charge in [0, 0.05) is 20.1 Å². The summed E-state index contributed by atoms with van der Waals surface area (Å²) in [6, 6.07) is 4.40. The van der Waals surface area contributed by atoms with Gasteiger partial charge >= 0.3 is 12.0 Å². The van der Waals surface area contributed by atoms with Crippen molar-refractivity contribution in [1.29, 1.82) is 0 Å². The van der Waals surface area contributed by atoms with Gasteiger partial charge in [0.05, 0.1) is 19.1 Å². The highest BCUT2D eigenvalue weighted by atomic mass is 19.1. The maximum Gasteiger partial charge on any atom is 0.325 e. The van der Waals surface area contributed by atoms with Crippen LogP contribution in [-0.2, 0) is 29.5 Å². The number of benzene rings is 1. The van der Waals surface area contributed by atoms with Crippen LogP contribution >= 0.6 is 0 Å². The fourth-order valence-corrected chi connectivity index (χ4v) is 4.12. The predicted molar refractivity (Wildman–Crippen MR) is 118 cm³/mol. The van der Waals surface area contributed by atoms with E-state index in [0.29, 0.717) is 24.9 Å². The van der Waals surface area contributed by atoms with E-state index < -0.39 is 41.7 Å². The molecule has 2 fully saturated rings. The summed E-state index contributed by atoms with van der Waals surface area (Å²) < 4.78 is 18.3. The summed E-state index contributed by atoms with van der Waals surface area (Å²) in [5, 5.41) is 2.55. The van der Waals surface area contributed by atoms with Gasteiger partial charge in [-0.2, -0.15) is 0 Å². The molecule has 5 amide bonds. The monoisotopic (exact) mass is 476 g/mol. The molecular weight excluding hydrogens is 447 g/mol. The molecule has 0 saturated carbocycles. The molecule has 11 heteroatoms. The topological polar surface area (TPSA) is 116 Å². The lowest BCUT2D eigenvalue weighted by molar-refractivity contribution is -0.152. The highest BCUT2D eigenvalue weighted by Gasteiger charge is 2.49. The van der Waals surface area contributed by atoms with E-state index in [1.807, 2.05) is 0 Å². The normalized spacial score (nSPS) is 22.4. The summed E-state index contributed by atoms with van der Waals surface area (Å²) in [4.78, 5) is 66.3. The molecule has 2 atom stereocenters. The summed E-state index contributed by atoms with van der Waals surface area (Å²) in [6.07, 6.45) is 1.29. The lowest BCUT2D eigenvalue weighted by Crippen LogP contribution is -2.49. The average molecular weight is 477 g/mol. The van der Waals surface area contributed by atoms with E-state index in [-0.39, 0.29) is 31.6 Å². The minimum atomic E-state index is -1.44. The number of hydrogen-bond acceptors (Lipinski definition) is 6. The first-order valence-corrected chi connectivity index (χ1v) is 11.1. The summed E-state index contributed by atoms with van der Waals surface area (Å²) in [6.45, 7) is 3.36. The number of carbonyl (C=O) groups excluding carboxylic acids is 5. The van der Waals surface area contributed by atoms with E-state index in [2.05, 4.69) is 5.32 Å². The van der Waals surface area contributed by atoms with Gasteiger partial charge in [0.2, 0.25) is 11.8 Å². The van der Waals surface area contributed by atoms with E-state index >= 15 is 0 Å². The number of nitrogens with one attached hydrogen (secondary N) is 1. The van der Waals surface area contributed by atoms with Crippen LogP contribution in [0.25, 0.3) is 0 Å². The Morgan fingerprint density at radius 2 is 1.91 bits per heavy atom. The minimum absolute atomic E-state index is 0.225. The molecule has 2 unspecified atom stereocenters. The van der Waals surface area contributed by atoms with E-state index in [4.69, 9.17) is 4.74 Å². The van der Waals surface area contributed by atoms with Gasteiger partial charge in [0.25, 0.3) is 5.91 Å². The Kier molecular flexibility index (Phi) is 7.53. The first kappa shape index (κ1) is 25.1. The second-order valence-electron chi connectivity index (χ2n) is 8.63. The van der Waals surface area contributed by atoms with Crippen LogP contribution in [0.5, 0.6) is 0 Å². The predicted octanol–water partition coefficient (Wildman–Crippen LogP) is 0.853. The average Bonchev–Trinajstić information content (AvgIpc) is 3.03. The van der Waals surface area contributed by atoms with Gasteiger partial charge in [-0.05, 0) is 44.4 Å². The summed E-state index contributed by atoms with van der Waals surface area (Å²) in [7, 11) is 1.41. The van der Waals surface area contributed by atoms with Crippen molar-refractivity contribution >= 4 is 29.7 Å². The second-order valence-corrected chi connectivity index (χ2v) is 8.63. The number of amides is 5. The van der Waals surface area contributed by atoms with E-state index in [0.717, 1.165) is 9.80 Å². The molecule has 1 N–H and O–H groups in total. The summed E-state index contributed by atoms with van der Waals surface area (Å²) in [5.74, 6) is -2.80. The number of nitrogens with zero attached hydrogens (tertiary/aromatic N) is 3. The Hall–Kier alpha value is -3.50. The fourth-order valence-electron chi connectivity index (χ4n) is 4.12. The van der Waals surface area contributed by atoms with Gasteiger partial charge in [0.1, 0.15) is 17.9 Å². The molecule has 3 rings (SSSR count). The molecule has 0 aromatic heterocycles. The molecule has 0 aliphatic carbocycles. The molecule has 2 saturated heterocycles. The van der Waals surface area contributed by atoms with Gasteiger partial charge in [-0.3, -0.25) is 24.1 Å². The third kappa shape index (κ3) is 5.18. The van der Waals surface area contributed by atoms with Crippen LogP contribution in [0.15, 0.2) is 24.3 Å². The molecule has 1 aromatic rings. The molecule has 1 aromatic carbocycles. The zero-order valence-electron chi connectivity index (χ0n) is 19.5. The molecule has 2 aliphatic heterocycles. The Morgan fingerprint density at radius 1 is 1.24 bits per heavy atom. The van der Waals surface area contributed by atoms with E-state index in [1.54, 1.807) is 6.92 Å². The molecule has 34 heavy (non-hydrogen) atoms. The van der Waals surface area contributed by atoms with Crippen LogP contribution < -0.4 is 5.32 Å². The largest absolute Gasteiger partial charge is 0.466 e. The number of ether oxygens (including phenoxy) is 1. The van der Waals surface area contributed by atoms with Crippen molar-refractivity contribution in [2.24, 2.45) is 5.92 Å². The van der Waals surface area contributed by atoms with Gasteiger partial charge in [0.15, 0.2) is 0 Å². The van der Waals surface area contributed by atoms with Crippen LogP contribution in [0, 0.1) is 11.7 Å². The zero-order chi connectivity index (χ0) is 25.0. The van der Waals surface area contributed by atoms with Crippen molar-refractivity contribution in [2.75, 3.05) is 39.8 Å². The molecular formula is C23H29FN4O6.